The van der Waals surface area contributed by atoms with E-state index in [1.807, 2.05) is 23.9 Å². The van der Waals surface area contributed by atoms with E-state index in [0.29, 0.717) is 11.3 Å². The predicted octanol–water partition coefficient (Wildman–Crippen LogP) is 3.95. The van der Waals surface area contributed by atoms with Gasteiger partial charge in [-0.25, -0.2) is 0 Å². The van der Waals surface area contributed by atoms with Gasteiger partial charge in [-0.1, -0.05) is 32.9 Å². The van der Waals surface area contributed by atoms with Crippen LogP contribution in [-0.4, -0.2) is 24.9 Å². The van der Waals surface area contributed by atoms with Gasteiger partial charge in [-0.3, -0.25) is 0 Å². The third kappa shape index (κ3) is 4.54. The number of hydrogen-bond donors (Lipinski definition) is 1. The first-order chi connectivity index (χ1) is 8.72. The number of para-hydroxylation sites is 1. The van der Waals surface area contributed by atoms with Gasteiger partial charge in [0.05, 0.1) is 7.11 Å². The Morgan fingerprint density at radius 2 is 2.00 bits per heavy atom. The van der Waals surface area contributed by atoms with E-state index in [1.54, 1.807) is 7.11 Å². The van der Waals surface area contributed by atoms with Crippen molar-refractivity contribution in [3.05, 3.63) is 24.3 Å². The van der Waals surface area contributed by atoms with Crippen LogP contribution in [0.3, 0.4) is 0 Å². The van der Waals surface area contributed by atoms with Gasteiger partial charge in [-0.05, 0) is 31.5 Å². The fourth-order valence-corrected chi connectivity index (χ4v) is 3.25. The normalized spacial score (nSPS) is 14.2. The molecule has 0 aliphatic rings. The summed E-state index contributed by atoms with van der Waals surface area (Å²) in [6, 6.07) is 8.79. The predicted molar refractivity (Wildman–Crippen MR) is 80.7 cm³/mol. The summed E-state index contributed by atoms with van der Waals surface area (Å²) in [5, 5.41) is 4.15. The first-order valence-electron chi connectivity index (χ1n) is 6.75. The summed E-state index contributed by atoms with van der Waals surface area (Å²) in [5.41, 5.74) is 0. The highest BCUT2D eigenvalue weighted by Crippen LogP contribution is 2.33. The molecule has 0 aromatic heterocycles. The number of benzene rings is 1. The average Bonchev–Trinajstić information content (AvgIpc) is 2.40. The molecule has 102 valence electrons. The van der Waals surface area contributed by atoms with E-state index in [4.69, 9.17) is 4.74 Å². The zero-order valence-corrected chi connectivity index (χ0v) is 12.7. The van der Waals surface area contributed by atoms with Gasteiger partial charge < -0.3 is 10.1 Å². The second-order valence-corrected chi connectivity index (χ2v) is 5.86. The van der Waals surface area contributed by atoms with Crippen LogP contribution < -0.4 is 10.1 Å². The maximum Gasteiger partial charge on any atom is 0.132 e. The summed E-state index contributed by atoms with van der Waals surface area (Å²) in [5.74, 6) is 0.972. The quantitative estimate of drug-likeness (QED) is 0.721. The van der Waals surface area contributed by atoms with Gasteiger partial charge in [-0.15, -0.1) is 11.8 Å². The molecule has 0 heterocycles. The minimum absolute atomic E-state index is 0.540. The lowest BCUT2D eigenvalue weighted by molar-refractivity contribution is 0.404. The molecular formula is C15H25NOS. The van der Waals surface area contributed by atoms with Crippen molar-refractivity contribution in [1.82, 2.24) is 5.32 Å². The lowest BCUT2D eigenvalue weighted by Crippen LogP contribution is -2.36. The summed E-state index contributed by atoms with van der Waals surface area (Å²) in [6.07, 6.45) is 2.34. The van der Waals surface area contributed by atoms with Crippen LogP contribution in [-0.2, 0) is 0 Å². The van der Waals surface area contributed by atoms with Crippen LogP contribution in [0.25, 0.3) is 0 Å². The highest BCUT2D eigenvalue weighted by atomic mass is 32.2. The fourth-order valence-electron chi connectivity index (χ4n) is 1.97. The topological polar surface area (TPSA) is 21.3 Å². The first-order valence-corrected chi connectivity index (χ1v) is 7.63. The van der Waals surface area contributed by atoms with Crippen LogP contribution in [0.4, 0.5) is 0 Å². The monoisotopic (exact) mass is 267 g/mol. The van der Waals surface area contributed by atoms with Crippen molar-refractivity contribution in [1.29, 1.82) is 0 Å². The van der Waals surface area contributed by atoms with E-state index >= 15 is 0 Å². The zero-order chi connectivity index (χ0) is 13.4. The third-order valence-electron chi connectivity index (χ3n) is 3.04. The van der Waals surface area contributed by atoms with Crippen molar-refractivity contribution in [3.63, 3.8) is 0 Å². The summed E-state index contributed by atoms with van der Waals surface area (Å²) in [7, 11) is 1.73. The molecule has 1 rings (SSSR count). The zero-order valence-electron chi connectivity index (χ0n) is 11.9. The standard InChI is InChI=1S/C15H25NOS/c1-5-11-16-13(6-2)12(3)18-15-10-8-7-9-14(15)17-4/h7-10,12-13,16H,5-6,11H2,1-4H3. The molecule has 2 unspecified atom stereocenters. The number of rotatable bonds is 8. The van der Waals surface area contributed by atoms with Crippen LogP contribution in [0.1, 0.15) is 33.6 Å². The fraction of sp³-hybridized carbons (Fsp3) is 0.600. The van der Waals surface area contributed by atoms with Crippen molar-refractivity contribution >= 4 is 11.8 Å². The molecule has 1 aromatic carbocycles. The van der Waals surface area contributed by atoms with Crippen molar-refractivity contribution in [2.45, 2.75) is 49.8 Å². The van der Waals surface area contributed by atoms with Gasteiger partial charge in [0, 0.05) is 16.2 Å². The maximum absolute atomic E-state index is 5.40. The number of nitrogens with one attached hydrogen (secondary N) is 1. The highest BCUT2D eigenvalue weighted by Gasteiger charge is 2.17. The van der Waals surface area contributed by atoms with Crippen molar-refractivity contribution in [3.8, 4) is 5.75 Å². The Hall–Kier alpha value is -0.670. The molecule has 2 atom stereocenters. The molecule has 1 N–H and O–H groups in total. The Bertz CT molecular complexity index is 343. The second kappa shape index (κ2) is 8.44. The van der Waals surface area contributed by atoms with E-state index in [-0.39, 0.29) is 0 Å². The summed E-state index contributed by atoms with van der Waals surface area (Å²) >= 11 is 1.89. The van der Waals surface area contributed by atoms with Crippen LogP contribution in [0.5, 0.6) is 5.75 Å². The molecule has 18 heavy (non-hydrogen) atoms. The van der Waals surface area contributed by atoms with Crippen molar-refractivity contribution in [2.24, 2.45) is 0 Å². The molecule has 0 radical (unpaired) electrons. The highest BCUT2D eigenvalue weighted by molar-refractivity contribution is 8.00. The van der Waals surface area contributed by atoms with Crippen molar-refractivity contribution < 1.29 is 4.74 Å². The Balaban J connectivity index is 2.63. The van der Waals surface area contributed by atoms with Crippen LogP contribution in [0.15, 0.2) is 29.2 Å². The van der Waals surface area contributed by atoms with E-state index in [9.17, 15) is 0 Å². The second-order valence-electron chi connectivity index (χ2n) is 4.44. The van der Waals surface area contributed by atoms with Gasteiger partial charge in [-0.2, -0.15) is 0 Å². The molecule has 0 amide bonds. The van der Waals surface area contributed by atoms with Gasteiger partial charge in [0.2, 0.25) is 0 Å². The van der Waals surface area contributed by atoms with E-state index < -0.39 is 0 Å². The lowest BCUT2D eigenvalue weighted by Gasteiger charge is -2.24. The molecule has 0 aliphatic heterocycles. The molecular weight excluding hydrogens is 242 g/mol. The molecule has 0 spiro atoms. The van der Waals surface area contributed by atoms with E-state index in [0.717, 1.165) is 18.7 Å². The van der Waals surface area contributed by atoms with Gasteiger partial charge >= 0.3 is 0 Å². The molecule has 3 heteroatoms. The maximum atomic E-state index is 5.40. The Kier molecular flexibility index (Phi) is 7.21. The Morgan fingerprint density at radius 1 is 1.28 bits per heavy atom. The summed E-state index contributed by atoms with van der Waals surface area (Å²) in [4.78, 5) is 1.23. The first kappa shape index (κ1) is 15.4. The number of hydrogen-bond acceptors (Lipinski definition) is 3. The molecule has 1 aromatic rings. The van der Waals surface area contributed by atoms with E-state index in [1.165, 1.54) is 11.3 Å². The molecule has 2 nitrogen and oxygen atoms in total. The smallest absolute Gasteiger partial charge is 0.132 e. The molecule has 0 saturated heterocycles. The SMILES string of the molecule is CCCNC(CC)C(C)Sc1ccccc1OC. The minimum Gasteiger partial charge on any atom is -0.496 e. The van der Waals surface area contributed by atoms with Crippen molar-refractivity contribution in [2.75, 3.05) is 13.7 Å². The van der Waals surface area contributed by atoms with Gasteiger partial charge in [0.15, 0.2) is 0 Å². The summed E-state index contributed by atoms with van der Waals surface area (Å²) in [6.45, 7) is 7.83. The molecule has 0 bridgehead atoms. The summed E-state index contributed by atoms with van der Waals surface area (Å²) < 4.78 is 5.40. The van der Waals surface area contributed by atoms with E-state index in [2.05, 4.69) is 38.2 Å². The number of ether oxygens (including phenoxy) is 1. The Labute approximate surface area is 116 Å². The average molecular weight is 267 g/mol. The van der Waals surface area contributed by atoms with Gasteiger partial charge in [0.25, 0.3) is 0 Å². The third-order valence-corrected chi connectivity index (χ3v) is 4.34. The molecule has 0 aliphatic carbocycles. The Morgan fingerprint density at radius 3 is 2.61 bits per heavy atom. The number of thioether (sulfide) groups is 1. The molecule has 0 saturated carbocycles. The lowest BCUT2D eigenvalue weighted by atomic mass is 10.1. The molecule has 0 fully saturated rings. The van der Waals surface area contributed by atoms with Crippen LogP contribution in [0, 0.1) is 0 Å². The minimum atomic E-state index is 0.540. The van der Waals surface area contributed by atoms with Gasteiger partial charge in [0.1, 0.15) is 5.75 Å². The van der Waals surface area contributed by atoms with Crippen LogP contribution in [0.2, 0.25) is 0 Å². The number of methoxy groups -OCH3 is 1. The largest absolute Gasteiger partial charge is 0.496 e. The van der Waals surface area contributed by atoms with Crippen LogP contribution >= 0.6 is 11.8 Å².